The molecule has 1 saturated heterocycles. The van der Waals surface area contributed by atoms with E-state index >= 15 is 0 Å². The number of benzene rings is 1. The van der Waals surface area contributed by atoms with Gasteiger partial charge in [-0.15, -0.1) is 0 Å². The number of morpholine rings is 1. The Hall–Kier alpha value is -3.04. The molecule has 1 fully saturated rings. The molecule has 2 heterocycles. The fraction of sp³-hybridized carbons (Fsp3) is 0.444. The van der Waals surface area contributed by atoms with E-state index in [-0.39, 0.29) is 25.5 Å². The third-order valence-corrected chi connectivity index (χ3v) is 8.67. The fourth-order valence-corrected chi connectivity index (χ4v) is 6.21. The summed E-state index contributed by atoms with van der Waals surface area (Å²) >= 11 is -0.514. The van der Waals surface area contributed by atoms with Crippen LogP contribution in [0.5, 0.6) is 0 Å². The van der Waals surface area contributed by atoms with E-state index in [9.17, 15) is 24.0 Å². The Kier molecular flexibility index (Phi) is 13.2. The van der Waals surface area contributed by atoms with Gasteiger partial charge < -0.3 is 4.74 Å². The number of amides is 4. The van der Waals surface area contributed by atoms with Crippen LogP contribution >= 0.6 is 0 Å². The van der Waals surface area contributed by atoms with Gasteiger partial charge in [-0.2, -0.15) is 0 Å². The zero-order valence-corrected chi connectivity index (χ0v) is 24.1. The number of hydrogen-bond donors (Lipinski definition) is 4. The molecule has 0 aliphatic carbocycles. The van der Waals surface area contributed by atoms with E-state index < -0.39 is 50.2 Å². The number of carbonyl (C=O) groups excluding carboxylic acids is 5. The summed E-state index contributed by atoms with van der Waals surface area (Å²) in [6, 6.07) is 11.8. The number of carbonyl (C=O) groups is 5. The quantitative estimate of drug-likeness (QED) is 0.138. The molecule has 39 heavy (non-hydrogen) atoms. The molecule has 210 valence electrons. The standard InChI is InChI=1S/C27H35N5O6Te/c33-13-10-28-27(37)23(17-21-7-4-16-39-21)31-24(34)18-29-26(36)22(9-8-20-5-2-1-3-6-20)30-25(35)19-32-11-14-38-15-12-32/h1-7,13,16,22-23H,8-12,14-15,17-19H2,(H,28,37)(H,29,36)(H,30,35)(H,31,34). The van der Waals surface area contributed by atoms with Gasteiger partial charge in [-0.25, -0.2) is 0 Å². The van der Waals surface area contributed by atoms with Crippen LogP contribution in [-0.2, 0) is 41.6 Å². The van der Waals surface area contributed by atoms with Crippen LogP contribution in [0.4, 0.5) is 0 Å². The number of aldehydes is 1. The molecule has 3 rings (SSSR count). The summed E-state index contributed by atoms with van der Waals surface area (Å²) in [7, 11) is 0. The van der Waals surface area contributed by atoms with Crippen molar-refractivity contribution in [3.05, 3.63) is 55.7 Å². The van der Waals surface area contributed by atoms with Gasteiger partial charge in [0.1, 0.15) is 0 Å². The molecule has 2 atom stereocenters. The van der Waals surface area contributed by atoms with Crippen molar-refractivity contribution < 1.29 is 28.7 Å². The first-order valence-electron chi connectivity index (χ1n) is 12.9. The fourth-order valence-electron chi connectivity index (χ4n) is 4.07. The number of rotatable bonds is 15. The van der Waals surface area contributed by atoms with Crippen molar-refractivity contribution in [2.75, 3.05) is 45.9 Å². The maximum absolute atomic E-state index is 13.1. The summed E-state index contributed by atoms with van der Waals surface area (Å²) < 4.78 is 8.49. The first kappa shape index (κ1) is 30.5. The average molecular weight is 653 g/mol. The number of hydrogen-bond acceptors (Lipinski definition) is 7. The summed E-state index contributed by atoms with van der Waals surface area (Å²) in [5, 5.41) is 10.6. The van der Waals surface area contributed by atoms with Gasteiger partial charge in [0.15, 0.2) is 0 Å². The van der Waals surface area contributed by atoms with Gasteiger partial charge in [0, 0.05) is 13.1 Å². The van der Waals surface area contributed by atoms with Crippen molar-refractivity contribution in [3.63, 3.8) is 0 Å². The van der Waals surface area contributed by atoms with Gasteiger partial charge in [0.2, 0.25) is 0 Å². The average Bonchev–Trinajstić information content (AvgIpc) is 3.46. The van der Waals surface area contributed by atoms with Gasteiger partial charge >= 0.3 is 172 Å². The molecular formula is C27H35N5O6Te. The Labute approximate surface area is 237 Å². The molecule has 4 amide bonds. The van der Waals surface area contributed by atoms with Crippen LogP contribution in [0.25, 0.3) is 0 Å². The first-order valence-corrected chi connectivity index (χ1v) is 15.4. The molecule has 2 unspecified atom stereocenters. The van der Waals surface area contributed by atoms with Crippen molar-refractivity contribution >= 4 is 50.3 Å². The second kappa shape index (κ2) is 16.8. The molecule has 1 aromatic heterocycles. The Morgan fingerprint density at radius 3 is 2.33 bits per heavy atom. The summed E-state index contributed by atoms with van der Waals surface area (Å²) in [4.78, 5) is 63.6. The van der Waals surface area contributed by atoms with Gasteiger partial charge in [0.05, 0.1) is 13.2 Å². The molecule has 2 aromatic rings. The number of ether oxygens (including phenoxy) is 1. The predicted molar refractivity (Wildman–Crippen MR) is 145 cm³/mol. The molecular weight excluding hydrogens is 618 g/mol. The Morgan fingerprint density at radius 2 is 1.64 bits per heavy atom. The second-order valence-corrected chi connectivity index (χ2v) is 12.0. The SMILES string of the molecule is O=CCNC(=O)C(Cc1ccc[te]1)NC(=O)CNC(=O)C(CCc1ccccc1)NC(=O)CN1CCOCC1. The smallest absolute Gasteiger partial charge is 0.379 e. The minimum atomic E-state index is -0.854. The number of nitrogens with one attached hydrogen (secondary N) is 4. The normalized spacial score (nSPS) is 15.0. The van der Waals surface area contributed by atoms with Crippen molar-refractivity contribution in [3.8, 4) is 0 Å². The van der Waals surface area contributed by atoms with E-state index in [4.69, 9.17) is 4.74 Å². The van der Waals surface area contributed by atoms with Crippen LogP contribution in [0.15, 0.2) is 46.5 Å². The van der Waals surface area contributed by atoms with Crippen LogP contribution < -0.4 is 21.3 Å². The molecule has 4 N–H and O–H groups in total. The third kappa shape index (κ3) is 11.3. The van der Waals surface area contributed by atoms with Crippen LogP contribution in [0.1, 0.15) is 15.6 Å². The van der Waals surface area contributed by atoms with E-state index in [2.05, 4.69) is 25.3 Å². The third-order valence-electron chi connectivity index (χ3n) is 6.11. The number of nitrogens with zero attached hydrogens (tertiary/aromatic N) is 1. The van der Waals surface area contributed by atoms with E-state index in [0.717, 1.165) is 9.14 Å². The van der Waals surface area contributed by atoms with E-state index in [1.165, 1.54) is 0 Å². The Balaban J connectivity index is 1.56. The molecule has 0 radical (unpaired) electrons. The molecule has 1 aliphatic rings. The second-order valence-electron chi connectivity index (χ2n) is 9.07. The van der Waals surface area contributed by atoms with Gasteiger partial charge in [0.25, 0.3) is 0 Å². The van der Waals surface area contributed by atoms with E-state index in [0.29, 0.717) is 51.9 Å². The van der Waals surface area contributed by atoms with Crippen molar-refractivity contribution in [2.45, 2.75) is 31.3 Å². The molecule has 0 bridgehead atoms. The van der Waals surface area contributed by atoms with Crippen molar-refractivity contribution in [1.82, 2.24) is 26.2 Å². The first-order chi connectivity index (χ1) is 18.9. The maximum atomic E-state index is 13.1. The zero-order valence-electron chi connectivity index (χ0n) is 21.7. The molecule has 0 spiro atoms. The summed E-state index contributed by atoms with van der Waals surface area (Å²) in [5.41, 5.74) is 1.03. The predicted octanol–water partition coefficient (Wildman–Crippen LogP) is -1.35. The van der Waals surface area contributed by atoms with E-state index in [1.54, 1.807) is 0 Å². The summed E-state index contributed by atoms with van der Waals surface area (Å²) in [6.45, 7) is 2.06. The van der Waals surface area contributed by atoms with Gasteiger partial charge in [-0.1, -0.05) is 30.3 Å². The van der Waals surface area contributed by atoms with Crippen LogP contribution in [0, 0.1) is 0 Å². The monoisotopic (exact) mass is 655 g/mol. The molecule has 11 nitrogen and oxygen atoms in total. The van der Waals surface area contributed by atoms with E-state index in [1.807, 2.05) is 47.4 Å². The van der Waals surface area contributed by atoms with Crippen LogP contribution in [0.3, 0.4) is 0 Å². The Morgan fingerprint density at radius 1 is 0.923 bits per heavy atom. The Bertz CT molecular complexity index is 1080. The molecule has 0 saturated carbocycles. The summed E-state index contributed by atoms with van der Waals surface area (Å²) in [6.07, 6.45) is 1.84. The minimum Gasteiger partial charge on any atom is -0.379 e. The minimum absolute atomic E-state index is 0.150. The molecule has 12 heteroatoms. The van der Waals surface area contributed by atoms with Crippen LogP contribution in [-0.4, -0.2) is 113 Å². The summed E-state index contributed by atoms with van der Waals surface area (Å²) in [5.74, 6) is -1.75. The van der Waals surface area contributed by atoms with Crippen molar-refractivity contribution in [2.24, 2.45) is 0 Å². The number of aryl methyl sites for hydroxylation is 1. The van der Waals surface area contributed by atoms with Gasteiger partial charge in [-0.3, -0.25) is 4.90 Å². The topological polar surface area (TPSA) is 146 Å². The molecule has 1 aromatic carbocycles. The zero-order chi connectivity index (χ0) is 27.9. The molecule has 1 aliphatic heterocycles. The van der Waals surface area contributed by atoms with Crippen molar-refractivity contribution in [1.29, 1.82) is 0 Å². The van der Waals surface area contributed by atoms with Gasteiger partial charge in [-0.05, 0) is 0 Å². The van der Waals surface area contributed by atoms with Crippen LogP contribution in [0.2, 0.25) is 0 Å².